The molecule has 5 rings (SSSR count). The summed E-state index contributed by atoms with van der Waals surface area (Å²) in [6.07, 6.45) is 1.65. The Morgan fingerprint density at radius 1 is 1.06 bits per heavy atom. The van der Waals surface area contributed by atoms with Crippen LogP contribution in [0.2, 0.25) is 0 Å². The van der Waals surface area contributed by atoms with Crippen LogP contribution in [-0.2, 0) is 10.0 Å². The van der Waals surface area contributed by atoms with Gasteiger partial charge in [-0.1, -0.05) is 30.3 Å². The molecule has 0 spiro atoms. The number of carbonyl (C=O) groups is 1. The quantitative estimate of drug-likeness (QED) is 0.424. The van der Waals surface area contributed by atoms with E-state index in [1.165, 1.54) is 42.5 Å². The van der Waals surface area contributed by atoms with Gasteiger partial charge in [-0.05, 0) is 55.3 Å². The van der Waals surface area contributed by atoms with Crippen molar-refractivity contribution >= 4 is 43.2 Å². The second kappa shape index (κ2) is 8.57. The van der Waals surface area contributed by atoms with E-state index in [4.69, 9.17) is 4.98 Å². The zero-order valence-electron chi connectivity index (χ0n) is 17.4. The Kier molecular flexibility index (Phi) is 5.59. The SMILES string of the molecule is O=C(c1cccc(S(=O)(=O)Nc2ccccc2F)c1)N1CCCC1c1nc2ccccc2s1. The molecule has 1 amide bonds. The molecule has 1 aliphatic rings. The molecule has 1 atom stereocenters. The highest BCUT2D eigenvalue weighted by Crippen LogP contribution is 2.37. The lowest BCUT2D eigenvalue weighted by molar-refractivity contribution is 0.0735. The van der Waals surface area contributed by atoms with Gasteiger partial charge >= 0.3 is 0 Å². The molecule has 0 aliphatic carbocycles. The Bertz CT molecular complexity index is 1420. The third-order valence-electron chi connectivity index (χ3n) is 5.62. The van der Waals surface area contributed by atoms with Crippen molar-refractivity contribution in [2.45, 2.75) is 23.8 Å². The maximum Gasteiger partial charge on any atom is 0.262 e. The minimum Gasteiger partial charge on any atom is -0.329 e. The normalized spacial score (nSPS) is 16.3. The molecule has 4 aromatic rings. The number of benzene rings is 3. The highest BCUT2D eigenvalue weighted by Gasteiger charge is 2.33. The fourth-order valence-corrected chi connectivity index (χ4v) is 6.24. The summed E-state index contributed by atoms with van der Waals surface area (Å²) in [6.45, 7) is 0.573. The number of hydrogen-bond donors (Lipinski definition) is 1. The van der Waals surface area contributed by atoms with Gasteiger partial charge in [-0.25, -0.2) is 17.8 Å². The Balaban J connectivity index is 1.42. The first-order chi connectivity index (χ1) is 15.9. The van der Waals surface area contributed by atoms with Crippen molar-refractivity contribution in [2.24, 2.45) is 0 Å². The predicted octanol–water partition coefficient (Wildman–Crippen LogP) is 5.21. The van der Waals surface area contributed by atoms with Crippen molar-refractivity contribution in [3.63, 3.8) is 0 Å². The van der Waals surface area contributed by atoms with E-state index in [1.807, 2.05) is 24.3 Å². The lowest BCUT2D eigenvalue weighted by Crippen LogP contribution is -2.30. The number of aromatic nitrogens is 1. The number of carbonyl (C=O) groups excluding carboxylic acids is 1. The molecule has 168 valence electrons. The predicted molar refractivity (Wildman–Crippen MR) is 126 cm³/mol. The van der Waals surface area contributed by atoms with Gasteiger partial charge in [-0.3, -0.25) is 9.52 Å². The van der Waals surface area contributed by atoms with Gasteiger partial charge in [-0.2, -0.15) is 0 Å². The first-order valence-corrected chi connectivity index (χ1v) is 12.8. The first kappa shape index (κ1) is 21.5. The van der Waals surface area contributed by atoms with Gasteiger partial charge in [0.1, 0.15) is 10.8 Å². The summed E-state index contributed by atoms with van der Waals surface area (Å²) in [6, 6.07) is 19.1. The molecule has 0 saturated carbocycles. The van der Waals surface area contributed by atoms with E-state index in [1.54, 1.807) is 22.3 Å². The van der Waals surface area contributed by atoms with Gasteiger partial charge in [0.25, 0.3) is 15.9 Å². The van der Waals surface area contributed by atoms with Crippen molar-refractivity contribution in [3.8, 4) is 0 Å². The van der Waals surface area contributed by atoms with Gasteiger partial charge in [-0.15, -0.1) is 11.3 Å². The first-order valence-electron chi connectivity index (χ1n) is 10.5. The lowest BCUT2D eigenvalue weighted by atomic mass is 10.1. The topological polar surface area (TPSA) is 79.4 Å². The summed E-state index contributed by atoms with van der Waals surface area (Å²) in [4.78, 5) is 19.7. The van der Waals surface area contributed by atoms with Gasteiger partial charge in [0, 0.05) is 12.1 Å². The molecule has 33 heavy (non-hydrogen) atoms. The van der Waals surface area contributed by atoms with Gasteiger partial charge in [0.05, 0.1) is 26.8 Å². The molecule has 3 aromatic carbocycles. The molecule has 1 fully saturated rings. The molecule has 1 saturated heterocycles. The standard InChI is InChI=1S/C24H20FN3O3S2/c25-18-9-1-2-10-19(18)27-33(30,31)17-8-5-7-16(15-17)24(29)28-14-6-12-21(28)23-26-20-11-3-4-13-22(20)32-23/h1-5,7-11,13,15,21,27H,6,12,14H2. The number of rotatable bonds is 5. The minimum absolute atomic E-state index is 0.104. The molecule has 1 N–H and O–H groups in total. The number of likely N-dealkylation sites (tertiary alicyclic amines) is 1. The van der Waals surface area contributed by atoms with E-state index >= 15 is 0 Å². The van der Waals surface area contributed by atoms with Crippen molar-refractivity contribution in [3.05, 3.63) is 89.2 Å². The number of halogens is 1. The summed E-state index contributed by atoms with van der Waals surface area (Å²) in [5.74, 6) is -0.927. The number of nitrogens with zero attached hydrogens (tertiary/aromatic N) is 2. The summed E-state index contributed by atoms with van der Waals surface area (Å²) >= 11 is 1.57. The maximum absolute atomic E-state index is 13.9. The molecular weight excluding hydrogens is 461 g/mol. The van der Waals surface area contributed by atoms with E-state index in [9.17, 15) is 17.6 Å². The average molecular weight is 482 g/mol. The fraction of sp³-hybridized carbons (Fsp3) is 0.167. The summed E-state index contributed by atoms with van der Waals surface area (Å²) in [7, 11) is -4.07. The number of amides is 1. The van der Waals surface area contributed by atoms with Crippen LogP contribution in [0.4, 0.5) is 10.1 Å². The van der Waals surface area contributed by atoms with Gasteiger partial charge in [0.2, 0.25) is 0 Å². The van der Waals surface area contributed by atoms with Crippen molar-refractivity contribution in [1.82, 2.24) is 9.88 Å². The molecule has 1 aromatic heterocycles. The third-order valence-corrected chi connectivity index (χ3v) is 8.12. The second-order valence-corrected chi connectivity index (χ2v) is 10.5. The number of hydrogen-bond acceptors (Lipinski definition) is 5. The number of fused-ring (bicyclic) bond motifs is 1. The van der Waals surface area contributed by atoms with Crippen LogP contribution in [0.3, 0.4) is 0 Å². The fourth-order valence-electron chi connectivity index (χ4n) is 4.01. The second-order valence-electron chi connectivity index (χ2n) is 7.79. The number of para-hydroxylation sites is 2. The number of sulfonamides is 1. The highest BCUT2D eigenvalue weighted by atomic mass is 32.2. The molecule has 0 radical (unpaired) electrons. The Labute approximate surface area is 194 Å². The number of nitrogens with one attached hydrogen (secondary N) is 1. The van der Waals surface area contributed by atoms with Crippen LogP contribution in [0.15, 0.2) is 77.7 Å². The van der Waals surface area contributed by atoms with Crippen LogP contribution in [0.25, 0.3) is 10.2 Å². The van der Waals surface area contributed by atoms with E-state index in [2.05, 4.69) is 4.72 Å². The average Bonchev–Trinajstić information content (AvgIpc) is 3.47. The Morgan fingerprint density at radius 3 is 2.67 bits per heavy atom. The molecule has 0 bridgehead atoms. The summed E-state index contributed by atoms with van der Waals surface area (Å²) in [5, 5.41) is 0.882. The van der Waals surface area contributed by atoms with E-state index in [-0.39, 0.29) is 28.1 Å². The van der Waals surface area contributed by atoms with Crippen LogP contribution in [-0.4, -0.2) is 30.8 Å². The molecule has 1 unspecified atom stereocenters. The van der Waals surface area contributed by atoms with Gasteiger partial charge < -0.3 is 4.90 Å². The summed E-state index contributed by atoms with van der Waals surface area (Å²) in [5.41, 5.74) is 1.02. The molecule has 9 heteroatoms. The van der Waals surface area contributed by atoms with E-state index < -0.39 is 15.8 Å². The third kappa shape index (κ3) is 4.21. The molecular formula is C24H20FN3O3S2. The maximum atomic E-state index is 13.9. The van der Waals surface area contributed by atoms with Crippen LogP contribution in [0.5, 0.6) is 0 Å². The largest absolute Gasteiger partial charge is 0.329 e. The Hall–Kier alpha value is -3.30. The smallest absolute Gasteiger partial charge is 0.262 e. The van der Waals surface area contributed by atoms with E-state index in [0.717, 1.165) is 28.1 Å². The van der Waals surface area contributed by atoms with Crippen LogP contribution in [0.1, 0.15) is 34.2 Å². The van der Waals surface area contributed by atoms with Crippen LogP contribution in [0, 0.1) is 5.82 Å². The van der Waals surface area contributed by atoms with Crippen molar-refractivity contribution in [2.75, 3.05) is 11.3 Å². The highest BCUT2D eigenvalue weighted by molar-refractivity contribution is 7.92. The van der Waals surface area contributed by atoms with Gasteiger partial charge in [0.15, 0.2) is 0 Å². The molecule has 1 aliphatic heterocycles. The van der Waals surface area contributed by atoms with Crippen molar-refractivity contribution < 1.29 is 17.6 Å². The number of anilines is 1. The zero-order valence-corrected chi connectivity index (χ0v) is 19.1. The van der Waals surface area contributed by atoms with E-state index in [0.29, 0.717) is 6.54 Å². The van der Waals surface area contributed by atoms with Crippen LogP contribution >= 0.6 is 11.3 Å². The lowest BCUT2D eigenvalue weighted by Gasteiger charge is -2.23. The monoisotopic (exact) mass is 481 g/mol. The van der Waals surface area contributed by atoms with Crippen LogP contribution < -0.4 is 4.72 Å². The van der Waals surface area contributed by atoms with Crippen molar-refractivity contribution in [1.29, 1.82) is 0 Å². The minimum atomic E-state index is -4.07. The molecule has 2 heterocycles. The Morgan fingerprint density at radius 2 is 1.85 bits per heavy atom. The molecule has 6 nitrogen and oxygen atoms in total. The number of thiazole rings is 1. The zero-order chi connectivity index (χ0) is 23.0. The summed E-state index contributed by atoms with van der Waals surface area (Å²) < 4.78 is 42.9.